The van der Waals surface area contributed by atoms with Crippen LogP contribution in [0.3, 0.4) is 0 Å². The molecule has 0 radical (unpaired) electrons. The highest BCUT2D eigenvalue weighted by Crippen LogP contribution is 2.16. The summed E-state index contributed by atoms with van der Waals surface area (Å²) in [7, 11) is 0. The lowest BCUT2D eigenvalue weighted by atomic mass is 10.0. The zero-order valence-electron chi connectivity index (χ0n) is 39.4. The Hall–Kier alpha value is -2.69. The molecule has 2 atom stereocenters. The fraction of sp³-hybridized carbons (Fsp3) is 0.696. The van der Waals surface area contributed by atoms with Crippen LogP contribution in [0.2, 0.25) is 0 Å². The van der Waals surface area contributed by atoms with E-state index in [1.54, 1.807) is 6.08 Å². The van der Waals surface area contributed by atoms with E-state index in [0.717, 1.165) is 70.6 Å². The number of rotatable bonds is 45. The molecule has 0 aliphatic heterocycles. The maximum absolute atomic E-state index is 12.4. The van der Waals surface area contributed by atoms with Crippen molar-refractivity contribution in [2.75, 3.05) is 6.61 Å². The van der Waals surface area contributed by atoms with Gasteiger partial charge in [0.1, 0.15) is 0 Å². The van der Waals surface area contributed by atoms with Crippen LogP contribution in [0.15, 0.2) is 97.2 Å². The molecule has 0 spiro atoms. The molecule has 0 saturated carbocycles. The van der Waals surface area contributed by atoms with Gasteiger partial charge >= 0.3 is 0 Å². The van der Waals surface area contributed by atoms with Crippen molar-refractivity contribution in [2.24, 2.45) is 0 Å². The maximum Gasteiger partial charge on any atom is 0.220 e. The van der Waals surface area contributed by atoms with Crippen LogP contribution in [0.4, 0.5) is 0 Å². The lowest BCUT2D eigenvalue weighted by Crippen LogP contribution is -2.45. The number of hydrogen-bond acceptors (Lipinski definition) is 3. The second-order valence-electron chi connectivity index (χ2n) is 16.8. The Morgan fingerprint density at radius 3 is 1.17 bits per heavy atom. The fourth-order valence-corrected chi connectivity index (χ4v) is 7.30. The van der Waals surface area contributed by atoms with Crippen LogP contribution in [0.5, 0.6) is 0 Å². The monoisotopic (exact) mass is 832 g/mol. The molecular weight excluding hydrogens is 735 g/mol. The second-order valence-corrected chi connectivity index (χ2v) is 16.8. The van der Waals surface area contributed by atoms with Gasteiger partial charge in [-0.1, -0.05) is 239 Å². The summed E-state index contributed by atoms with van der Waals surface area (Å²) in [6, 6.07) is -0.645. The molecule has 0 aromatic carbocycles. The molecule has 0 bridgehead atoms. The van der Waals surface area contributed by atoms with Crippen molar-refractivity contribution >= 4 is 5.91 Å². The predicted molar refractivity (Wildman–Crippen MR) is 266 cm³/mol. The normalized spacial score (nSPS) is 13.7. The van der Waals surface area contributed by atoms with E-state index in [1.165, 1.54) is 141 Å². The molecule has 0 heterocycles. The zero-order chi connectivity index (χ0) is 43.5. The van der Waals surface area contributed by atoms with Crippen molar-refractivity contribution in [3.63, 3.8) is 0 Å². The number of allylic oxidation sites excluding steroid dienone is 15. The van der Waals surface area contributed by atoms with E-state index in [2.05, 4.69) is 97.3 Å². The first-order valence-corrected chi connectivity index (χ1v) is 25.4. The van der Waals surface area contributed by atoms with Gasteiger partial charge in [-0.15, -0.1) is 0 Å². The third-order valence-corrected chi connectivity index (χ3v) is 11.1. The molecule has 4 heteroatoms. The average molecular weight is 832 g/mol. The number of unbranched alkanes of at least 4 members (excludes halogenated alkanes) is 25. The van der Waals surface area contributed by atoms with Crippen molar-refractivity contribution in [2.45, 2.75) is 244 Å². The largest absolute Gasteiger partial charge is 0.394 e. The van der Waals surface area contributed by atoms with Crippen molar-refractivity contribution in [3.8, 4) is 0 Å². The van der Waals surface area contributed by atoms with E-state index < -0.39 is 12.1 Å². The van der Waals surface area contributed by atoms with Crippen molar-refractivity contribution in [1.29, 1.82) is 0 Å². The Morgan fingerprint density at radius 2 is 0.767 bits per heavy atom. The molecule has 0 aromatic heterocycles. The van der Waals surface area contributed by atoms with Crippen LogP contribution in [-0.4, -0.2) is 34.9 Å². The van der Waals surface area contributed by atoms with Gasteiger partial charge in [0.15, 0.2) is 0 Å². The van der Waals surface area contributed by atoms with Gasteiger partial charge in [0.05, 0.1) is 18.8 Å². The van der Waals surface area contributed by atoms with Crippen LogP contribution in [0.1, 0.15) is 232 Å². The summed E-state index contributed by atoms with van der Waals surface area (Å²) in [6.45, 7) is 3.94. The standard InChI is InChI=1S/C56H97NO3/c1-3-5-7-9-11-13-14-15-16-17-18-19-20-21-22-23-24-25-26-27-28-29-30-31-32-33-34-35-36-37-38-39-40-41-42-44-46-48-50-52-56(60)57-54(53-58)55(59)51-49-47-45-43-12-10-8-6-4-2/h4-7,11-13,15-16,18-19,21-22,43,49,51,54-55,58-59H,3,8-10,14,17,20,23-42,44-48,50,52-53H2,1-2H3,(H,57,60)/b6-4+,7-5-,13-11-,16-15-,19-18-,22-21-,43-12+,51-49+. The molecule has 0 aromatic rings. The van der Waals surface area contributed by atoms with Crippen LogP contribution in [-0.2, 0) is 4.79 Å². The molecular formula is C56H97NO3. The fourth-order valence-electron chi connectivity index (χ4n) is 7.30. The molecule has 0 rings (SSSR count). The Bertz CT molecular complexity index is 1130. The molecule has 4 nitrogen and oxygen atoms in total. The predicted octanol–water partition coefficient (Wildman–Crippen LogP) is 16.6. The SMILES string of the molecule is C/C=C/CC/C=C/CC/C=C/C(O)C(CO)NC(=O)CCCCCCCCCCCCCCCCCCCCCCCCC/C=C\C/C=C\C/C=C\C/C=C\C/C=C\CC. The molecule has 0 aliphatic rings. The quantitative estimate of drug-likeness (QED) is 0.0423. The second kappa shape index (κ2) is 50.7. The third-order valence-electron chi connectivity index (χ3n) is 11.1. The minimum atomic E-state index is -0.869. The Labute approximate surface area is 373 Å². The van der Waals surface area contributed by atoms with Gasteiger partial charge in [-0.25, -0.2) is 0 Å². The molecule has 0 saturated heterocycles. The highest BCUT2D eigenvalue weighted by atomic mass is 16.3. The Morgan fingerprint density at radius 1 is 0.433 bits per heavy atom. The Kier molecular flexibility index (Phi) is 48.4. The van der Waals surface area contributed by atoms with Gasteiger partial charge in [-0.2, -0.15) is 0 Å². The summed E-state index contributed by atoms with van der Waals surface area (Å²) in [5.41, 5.74) is 0. The highest BCUT2D eigenvalue weighted by Gasteiger charge is 2.17. The first-order chi connectivity index (χ1) is 29.7. The first-order valence-electron chi connectivity index (χ1n) is 25.4. The Balaban J connectivity index is 3.41. The molecule has 3 N–H and O–H groups in total. The number of aliphatic hydroxyl groups excluding tert-OH is 2. The maximum atomic E-state index is 12.4. The first kappa shape index (κ1) is 57.3. The van der Waals surface area contributed by atoms with E-state index in [4.69, 9.17) is 0 Å². The molecule has 0 aliphatic carbocycles. The minimum Gasteiger partial charge on any atom is -0.394 e. The van der Waals surface area contributed by atoms with Crippen molar-refractivity contribution < 1.29 is 15.0 Å². The van der Waals surface area contributed by atoms with Crippen LogP contribution >= 0.6 is 0 Å². The van der Waals surface area contributed by atoms with E-state index in [0.29, 0.717) is 6.42 Å². The lowest BCUT2D eigenvalue weighted by molar-refractivity contribution is -0.123. The molecule has 344 valence electrons. The zero-order valence-corrected chi connectivity index (χ0v) is 39.4. The molecule has 0 fully saturated rings. The van der Waals surface area contributed by atoms with Crippen LogP contribution in [0.25, 0.3) is 0 Å². The lowest BCUT2D eigenvalue weighted by Gasteiger charge is -2.19. The number of nitrogens with one attached hydrogen (secondary N) is 1. The van der Waals surface area contributed by atoms with Gasteiger partial charge in [-0.05, 0) is 84.0 Å². The van der Waals surface area contributed by atoms with Gasteiger partial charge in [0.25, 0.3) is 0 Å². The van der Waals surface area contributed by atoms with E-state index in [1.807, 2.05) is 13.0 Å². The number of carbonyl (C=O) groups excluding carboxylic acids is 1. The molecule has 2 unspecified atom stereocenters. The van der Waals surface area contributed by atoms with Crippen molar-refractivity contribution in [1.82, 2.24) is 5.32 Å². The van der Waals surface area contributed by atoms with E-state index >= 15 is 0 Å². The van der Waals surface area contributed by atoms with E-state index in [9.17, 15) is 15.0 Å². The number of amides is 1. The summed E-state index contributed by atoms with van der Waals surface area (Å²) >= 11 is 0. The topological polar surface area (TPSA) is 69.6 Å². The number of carbonyl (C=O) groups is 1. The molecule has 1 amide bonds. The van der Waals surface area contributed by atoms with Crippen molar-refractivity contribution in [3.05, 3.63) is 97.2 Å². The van der Waals surface area contributed by atoms with Crippen LogP contribution in [0, 0.1) is 0 Å². The number of aliphatic hydroxyl groups is 2. The van der Waals surface area contributed by atoms with Gasteiger partial charge < -0.3 is 15.5 Å². The minimum absolute atomic E-state index is 0.0814. The average Bonchev–Trinajstić information content (AvgIpc) is 3.25. The highest BCUT2D eigenvalue weighted by molar-refractivity contribution is 5.76. The third kappa shape index (κ3) is 46.4. The van der Waals surface area contributed by atoms with Gasteiger partial charge in [-0.3, -0.25) is 4.79 Å². The summed E-state index contributed by atoms with van der Waals surface area (Å²) in [6.07, 6.45) is 75.9. The number of hydrogen-bond donors (Lipinski definition) is 3. The summed E-state index contributed by atoms with van der Waals surface area (Å²) in [4.78, 5) is 12.4. The summed E-state index contributed by atoms with van der Waals surface area (Å²) < 4.78 is 0. The summed E-state index contributed by atoms with van der Waals surface area (Å²) in [5.74, 6) is -0.0814. The smallest absolute Gasteiger partial charge is 0.220 e. The summed E-state index contributed by atoms with van der Waals surface area (Å²) in [5, 5.41) is 22.9. The van der Waals surface area contributed by atoms with Crippen LogP contribution < -0.4 is 5.32 Å². The van der Waals surface area contributed by atoms with E-state index in [-0.39, 0.29) is 12.5 Å². The van der Waals surface area contributed by atoms with Gasteiger partial charge in [0.2, 0.25) is 5.91 Å². The molecule has 60 heavy (non-hydrogen) atoms. The van der Waals surface area contributed by atoms with Gasteiger partial charge in [0, 0.05) is 6.42 Å².